The van der Waals surface area contributed by atoms with Crippen molar-refractivity contribution in [1.82, 2.24) is 34.7 Å². The predicted octanol–water partition coefficient (Wildman–Crippen LogP) is 1.99. The average Bonchev–Trinajstić information content (AvgIpc) is 3.68. The number of thiazole rings is 1. The van der Waals surface area contributed by atoms with Gasteiger partial charge in [0.05, 0.1) is 40.8 Å². The molecule has 3 N–H and O–H groups in total. The maximum absolute atomic E-state index is 14.3. The molecule has 0 spiro atoms. The van der Waals surface area contributed by atoms with Crippen molar-refractivity contribution in [3.8, 4) is 22.7 Å². The number of aliphatic hydroxyl groups excluding tert-OH is 3. The van der Waals surface area contributed by atoms with Crippen molar-refractivity contribution in [2.45, 2.75) is 37.4 Å². The second-order valence-corrected chi connectivity index (χ2v) is 10.3. The van der Waals surface area contributed by atoms with Gasteiger partial charge in [0.15, 0.2) is 17.4 Å². The van der Waals surface area contributed by atoms with Crippen molar-refractivity contribution < 1.29 is 29.2 Å². The monoisotopic (exact) mass is 553 g/mol. The first kappa shape index (κ1) is 25.5. The molecule has 2 aromatic carbocycles. The van der Waals surface area contributed by atoms with Gasteiger partial charge in [-0.1, -0.05) is 5.21 Å². The molecular weight excluding hydrogens is 529 g/mol. The van der Waals surface area contributed by atoms with E-state index >= 15 is 0 Å². The highest BCUT2D eigenvalue weighted by atomic mass is 32.1. The van der Waals surface area contributed by atoms with Crippen molar-refractivity contribution in [2.75, 3.05) is 13.7 Å². The fourth-order valence-corrected chi connectivity index (χ4v) is 5.67. The van der Waals surface area contributed by atoms with Gasteiger partial charge in [-0.05, 0) is 43.3 Å². The van der Waals surface area contributed by atoms with E-state index in [4.69, 9.17) is 9.47 Å². The van der Waals surface area contributed by atoms with Crippen LogP contribution in [0.15, 0.2) is 48.9 Å². The first-order chi connectivity index (χ1) is 18.9. The number of fused-ring (bicyclic) bond motifs is 1. The topological polar surface area (TPSA) is 153 Å². The van der Waals surface area contributed by atoms with E-state index in [1.807, 2.05) is 25.1 Å². The number of aromatic nitrogens is 7. The number of aliphatic hydroxyl groups is 3. The van der Waals surface area contributed by atoms with E-state index < -0.39 is 42.9 Å². The Bertz CT molecular complexity index is 1640. The van der Waals surface area contributed by atoms with E-state index in [2.05, 4.69) is 25.4 Å². The first-order valence-corrected chi connectivity index (χ1v) is 12.8. The van der Waals surface area contributed by atoms with Gasteiger partial charge >= 0.3 is 0 Å². The third-order valence-corrected chi connectivity index (χ3v) is 7.64. The van der Waals surface area contributed by atoms with Crippen LogP contribution in [0, 0.1) is 12.7 Å². The second kappa shape index (κ2) is 10.1. The van der Waals surface area contributed by atoms with Crippen LogP contribution in [0.4, 0.5) is 4.39 Å². The van der Waals surface area contributed by atoms with Crippen molar-refractivity contribution >= 4 is 21.6 Å². The number of nitrogens with zero attached hydrogens (tertiary/aromatic N) is 7. The molecule has 5 atom stereocenters. The number of ether oxygens (including phenoxy) is 2. The smallest absolute Gasteiger partial charge is 0.165 e. The van der Waals surface area contributed by atoms with Gasteiger partial charge in [0.1, 0.15) is 42.5 Å². The third-order valence-electron chi connectivity index (χ3n) is 6.71. The molecule has 5 aromatic rings. The van der Waals surface area contributed by atoms with E-state index in [1.165, 1.54) is 36.4 Å². The van der Waals surface area contributed by atoms with Gasteiger partial charge in [-0.25, -0.2) is 23.7 Å². The van der Waals surface area contributed by atoms with Gasteiger partial charge in [-0.15, -0.1) is 16.4 Å². The minimum Gasteiger partial charge on any atom is -0.494 e. The lowest BCUT2D eigenvalue weighted by molar-refractivity contribution is -0.210. The van der Waals surface area contributed by atoms with Crippen LogP contribution in [0.1, 0.15) is 23.0 Å². The summed E-state index contributed by atoms with van der Waals surface area (Å²) < 4.78 is 29.0. The molecule has 0 aliphatic carbocycles. The van der Waals surface area contributed by atoms with Crippen LogP contribution in [0.3, 0.4) is 0 Å². The number of benzene rings is 2. The Kier molecular flexibility index (Phi) is 6.56. The number of hydrogen-bond acceptors (Lipinski definition) is 11. The van der Waals surface area contributed by atoms with Gasteiger partial charge in [-0.2, -0.15) is 5.10 Å². The van der Waals surface area contributed by atoms with Crippen molar-refractivity contribution in [2.24, 2.45) is 0 Å². The Hall–Kier alpha value is -3.82. The lowest BCUT2D eigenvalue weighted by atomic mass is 9.92. The number of hydrogen-bond donors (Lipinski definition) is 3. The lowest BCUT2D eigenvalue weighted by Gasteiger charge is -2.41. The molecular formula is C25H24FN7O5S. The van der Waals surface area contributed by atoms with Crippen molar-refractivity contribution in [3.05, 3.63) is 65.6 Å². The van der Waals surface area contributed by atoms with Gasteiger partial charge in [0.2, 0.25) is 0 Å². The molecule has 0 unspecified atom stereocenters. The third kappa shape index (κ3) is 4.45. The van der Waals surface area contributed by atoms with E-state index in [0.717, 1.165) is 15.2 Å². The molecule has 4 heterocycles. The molecule has 0 amide bonds. The predicted molar refractivity (Wildman–Crippen MR) is 137 cm³/mol. The van der Waals surface area contributed by atoms with Gasteiger partial charge in [-0.3, -0.25) is 0 Å². The van der Waals surface area contributed by atoms with E-state index in [-0.39, 0.29) is 11.6 Å². The Morgan fingerprint density at radius 2 is 2.00 bits per heavy atom. The van der Waals surface area contributed by atoms with Gasteiger partial charge < -0.3 is 24.8 Å². The van der Waals surface area contributed by atoms with Crippen molar-refractivity contribution in [3.63, 3.8) is 0 Å². The van der Waals surface area contributed by atoms with Gasteiger partial charge in [0, 0.05) is 5.56 Å². The van der Waals surface area contributed by atoms with Crippen LogP contribution >= 0.6 is 11.3 Å². The van der Waals surface area contributed by atoms with E-state index in [9.17, 15) is 19.7 Å². The maximum Gasteiger partial charge on any atom is 0.165 e. The minimum atomic E-state index is -1.36. The Labute approximate surface area is 224 Å². The molecule has 0 saturated carbocycles. The normalized spacial score (nSPS) is 23.4. The standard InChI is InChI=1S/C25H24FN7O5S/c1-12-29-16-5-4-14(8-20(16)39-12)33-25(27-11-28-33)24-23(36)21(22(35)19(10-34)38-24)32-9-17(30-31-32)13-3-6-18(37-2)15(26)7-13/h3-9,11,19,21-24,34-36H,10H2,1-2H3/t19-,21+,22+,23-,24-/m1/s1. The Balaban J connectivity index is 1.35. The summed E-state index contributed by atoms with van der Waals surface area (Å²) in [6.07, 6.45) is -2.01. The number of aryl methyl sites for hydroxylation is 1. The molecule has 202 valence electrons. The fraction of sp³-hybridized carbons (Fsp3) is 0.320. The van der Waals surface area contributed by atoms with Gasteiger partial charge in [0.25, 0.3) is 0 Å². The number of halogens is 1. The number of methoxy groups -OCH3 is 1. The Morgan fingerprint density at radius 1 is 1.15 bits per heavy atom. The van der Waals surface area contributed by atoms with E-state index in [1.54, 1.807) is 22.1 Å². The molecule has 1 fully saturated rings. The molecule has 6 rings (SSSR count). The summed E-state index contributed by atoms with van der Waals surface area (Å²) >= 11 is 1.54. The van der Waals surface area contributed by atoms with Crippen LogP contribution < -0.4 is 4.74 Å². The summed E-state index contributed by atoms with van der Waals surface area (Å²) in [6, 6.07) is 8.91. The van der Waals surface area contributed by atoms with Crippen LogP contribution in [-0.4, -0.2) is 82.1 Å². The fourth-order valence-electron chi connectivity index (χ4n) is 4.81. The average molecular weight is 554 g/mol. The van der Waals surface area contributed by atoms with Crippen LogP contribution in [0.2, 0.25) is 0 Å². The second-order valence-electron chi connectivity index (χ2n) is 9.10. The Morgan fingerprint density at radius 3 is 2.77 bits per heavy atom. The molecule has 1 aliphatic rings. The zero-order valence-corrected chi connectivity index (χ0v) is 21.6. The highest BCUT2D eigenvalue weighted by Crippen LogP contribution is 2.38. The maximum atomic E-state index is 14.3. The zero-order chi connectivity index (χ0) is 27.3. The molecule has 1 saturated heterocycles. The highest BCUT2D eigenvalue weighted by molar-refractivity contribution is 7.18. The SMILES string of the molecule is COc1ccc(-c2cn([C@H]3[C@@H](O)[C@@H](CO)O[C@@H](c4ncnn4-c4ccc5nc(C)sc5c4)[C@@H]3O)nn2)cc1F. The van der Waals surface area contributed by atoms with Crippen LogP contribution in [-0.2, 0) is 4.74 Å². The summed E-state index contributed by atoms with van der Waals surface area (Å²) in [5, 5.41) is 45.9. The molecule has 14 heteroatoms. The summed E-state index contributed by atoms with van der Waals surface area (Å²) in [5.41, 5.74) is 2.29. The molecule has 0 radical (unpaired) electrons. The van der Waals surface area contributed by atoms with Crippen molar-refractivity contribution in [1.29, 1.82) is 0 Å². The quantitative estimate of drug-likeness (QED) is 0.284. The first-order valence-electron chi connectivity index (χ1n) is 12.0. The van der Waals surface area contributed by atoms with Crippen LogP contribution in [0.25, 0.3) is 27.2 Å². The molecule has 1 aliphatic heterocycles. The minimum absolute atomic E-state index is 0.0868. The molecule has 3 aromatic heterocycles. The zero-order valence-electron chi connectivity index (χ0n) is 20.8. The summed E-state index contributed by atoms with van der Waals surface area (Å²) in [7, 11) is 1.37. The van der Waals surface area contributed by atoms with E-state index in [0.29, 0.717) is 16.9 Å². The highest BCUT2D eigenvalue weighted by Gasteiger charge is 2.48. The molecule has 12 nitrogen and oxygen atoms in total. The summed E-state index contributed by atoms with van der Waals surface area (Å²) in [5.74, 6) is -0.207. The lowest BCUT2D eigenvalue weighted by Crippen LogP contribution is -2.53. The number of rotatable bonds is 6. The summed E-state index contributed by atoms with van der Waals surface area (Å²) in [4.78, 5) is 8.83. The largest absolute Gasteiger partial charge is 0.494 e. The molecule has 0 bridgehead atoms. The molecule has 39 heavy (non-hydrogen) atoms. The summed E-state index contributed by atoms with van der Waals surface area (Å²) in [6.45, 7) is 1.41. The van der Waals surface area contributed by atoms with Crippen LogP contribution in [0.5, 0.6) is 5.75 Å².